The molecule has 10 rings (SSSR count). The Hall–Kier alpha value is -7.21. The van der Waals surface area contributed by atoms with E-state index < -0.39 is 0 Å². The number of nitrogens with one attached hydrogen (secondary N) is 1. The summed E-state index contributed by atoms with van der Waals surface area (Å²) < 4.78 is 8.57. The maximum absolute atomic E-state index is 9.15. The average Bonchev–Trinajstić information content (AvgIpc) is 3.85. The van der Waals surface area contributed by atoms with Crippen molar-refractivity contribution in [2.24, 2.45) is 9.98 Å². The van der Waals surface area contributed by atoms with Crippen LogP contribution >= 0.6 is 11.3 Å². The van der Waals surface area contributed by atoms with Gasteiger partial charge in [0.25, 0.3) is 0 Å². The Morgan fingerprint density at radius 1 is 0.482 bits per heavy atom. The van der Waals surface area contributed by atoms with Crippen molar-refractivity contribution < 1.29 is 4.42 Å². The zero-order valence-electron chi connectivity index (χ0n) is 30.2. The van der Waals surface area contributed by atoms with Crippen molar-refractivity contribution in [3.8, 4) is 33.4 Å². The van der Waals surface area contributed by atoms with Crippen LogP contribution < -0.4 is 0 Å². The Labute approximate surface area is 327 Å². The van der Waals surface area contributed by atoms with Crippen molar-refractivity contribution in [3.05, 3.63) is 205 Å². The topological polar surface area (TPSA) is 61.7 Å². The third-order valence-corrected chi connectivity index (χ3v) is 11.5. The minimum atomic E-state index is 0.105. The molecule has 0 amide bonds. The number of rotatable bonds is 6. The average molecular weight is 736 g/mol. The number of hydrogen-bond donors (Lipinski definition) is 1. The van der Waals surface area contributed by atoms with Gasteiger partial charge >= 0.3 is 0 Å². The first-order chi connectivity index (χ1) is 27.7. The second-order valence-corrected chi connectivity index (χ2v) is 14.7. The van der Waals surface area contributed by atoms with Crippen LogP contribution in [0.4, 0.5) is 0 Å². The summed E-state index contributed by atoms with van der Waals surface area (Å²) in [5, 5.41) is 13.5. The first kappa shape index (κ1) is 33.4. The molecule has 264 valence electrons. The molecule has 0 fully saturated rings. The van der Waals surface area contributed by atoms with Gasteiger partial charge in [0.2, 0.25) is 0 Å². The van der Waals surface area contributed by atoms with E-state index in [0.29, 0.717) is 11.4 Å². The monoisotopic (exact) mass is 735 g/mol. The van der Waals surface area contributed by atoms with Crippen LogP contribution in [-0.2, 0) is 0 Å². The Morgan fingerprint density at radius 2 is 1.11 bits per heavy atom. The van der Waals surface area contributed by atoms with Gasteiger partial charge in [-0.25, -0.2) is 9.98 Å². The lowest BCUT2D eigenvalue weighted by atomic mass is 9.94. The van der Waals surface area contributed by atoms with E-state index in [1.165, 1.54) is 42.6 Å². The normalized spacial score (nSPS) is 12.0. The number of fused-ring (bicyclic) bond motifs is 6. The number of thiophene rings is 1. The van der Waals surface area contributed by atoms with Gasteiger partial charge in [-0.05, 0) is 58.1 Å². The summed E-state index contributed by atoms with van der Waals surface area (Å²) in [5.74, 6) is 0.559. The fourth-order valence-electron chi connectivity index (χ4n) is 7.52. The highest BCUT2D eigenvalue weighted by Gasteiger charge is 2.19. The van der Waals surface area contributed by atoms with Crippen molar-refractivity contribution >= 4 is 71.3 Å². The second kappa shape index (κ2) is 14.2. The van der Waals surface area contributed by atoms with Crippen LogP contribution in [0.15, 0.2) is 202 Å². The molecule has 0 unspecified atom stereocenters. The van der Waals surface area contributed by atoms with Gasteiger partial charge in [0.1, 0.15) is 11.2 Å². The van der Waals surface area contributed by atoms with Crippen molar-refractivity contribution in [3.63, 3.8) is 0 Å². The lowest BCUT2D eigenvalue weighted by Crippen LogP contribution is -2.04. The summed E-state index contributed by atoms with van der Waals surface area (Å²) in [6.45, 7) is 0. The number of aliphatic imine (C=N–C) groups is 2. The molecule has 8 aromatic carbocycles. The van der Waals surface area contributed by atoms with Gasteiger partial charge < -0.3 is 4.42 Å². The fourth-order valence-corrected chi connectivity index (χ4v) is 8.91. The zero-order valence-corrected chi connectivity index (χ0v) is 31.0. The summed E-state index contributed by atoms with van der Waals surface area (Å²) in [6.07, 6.45) is 1.92. The lowest BCUT2D eigenvalue weighted by molar-refractivity contribution is 0.669. The molecule has 2 heterocycles. The molecule has 0 radical (unpaired) electrons. The van der Waals surface area contributed by atoms with Crippen LogP contribution in [0.2, 0.25) is 0 Å². The summed E-state index contributed by atoms with van der Waals surface area (Å²) in [5.41, 5.74) is 11.0. The summed E-state index contributed by atoms with van der Waals surface area (Å²) in [6, 6.07) is 64.6. The zero-order chi connectivity index (χ0) is 37.4. The van der Waals surface area contributed by atoms with Gasteiger partial charge in [0, 0.05) is 59.4 Å². The maximum atomic E-state index is 9.15. The minimum Gasteiger partial charge on any atom is -0.456 e. The second-order valence-electron chi connectivity index (χ2n) is 13.7. The van der Waals surface area contributed by atoms with Crippen LogP contribution in [0.25, 0.3) is 75.5 Å². The van der Waals surface area contributed by atoms with E-state index in [2.05, 4.69) is 121 Å². The van der Waals surface area contributed by atoms with Crippen LogP contribution in [0.3, 0.4) is 0 Å². The minimum absolute atomic E-state index is 0.105. The smallest absolute Gasteiger partial charge is 0.161 e. The highest BCUT2D eigenvalue weighted by atomic mass is 32.1. The molecule has 0 aliphatic carbocycles. The van der Waals surface area contributed by atoms with Gasteiger partial charge in [-0.15, -0.1) is 11.3 Å². The van der Waals surface area contributed by atoms with E-state index in [1.54, 1.807) is 0 Å². The standard InChI is InChI=1S/C51H33N3OS/c52-50(37-25-28-42-41-23-13-14-24-45(41)55-46(42)31-37)54-51(36-21-11-4-12-22-36)53-32-38-26-27-40(34-17-7-2-8-18-34)49-47(38)44-30-39(33-15-5-1-6-16-33)29-43(48(44)56-49)35-19-9-3-10-20-35/h1-32,52H. The molecule has 4 nitrogen and oxygen atoms in total. The third kappa shape index (κ3) is 6.10. The number of benzene rings is 8. The SMILES string of the molecule is N=C(N=C(N=Cc1ccc(-c2ccccc2)c2sc3c(-c4ccccc4)cc(-c4ccccc4)cc3c12)c1ccccc1)c1ccc2c(c1)oc1ccccc12. The summed E-state index contributed by atoms with van der Waals surface area (Å²) in [4.78, 5) is 9.95. The molecular weight excluding hydrogens is 703 g/mol. The van der Waals surface area contributed by atoms with E-state index in [4.69, 9.17) is 19.8 Å². The first-order valence-electron chi connectivity index (χ1n) is 18.6. The predicted molar refractivity (Wildman–Crippen MR) is 237 cm³/mol. The maximum Gasteiger partial charge on any atom is 0.161 e. The van der Waals surface area contributed by atoms with Gasteiger partial charge in [-0.2, -0.15) is 0 Å². The van der Waals surface area contributed by atoms with E-state index >= 15 is 0 Å². The molecule has 0 aliphatic heterocycles. The van der Waals surface area contributed by atoms with Gasteiger partial charge in [0.15, 0.2) is 11.7 Å². The molecular formula is C51H33N3OS. The molecule has 0 saturated carbocycles. The van der Waals surface area contributed by atoms with E-state index in [1.807, 2.05) is 84.3 Å². The van der Waals surface area contributed by atoms with Gasteiger partial charge in [0.05, 0.1) is 0 Å². The van der Waals surface area contributed by atoms with Crippen molar-refractivity contribution in [1.82, 2.24) is 0 Å². The number of furan rings is 1. The van der Waals surface area contributed by atoms with Gasteiger partial charge in [-0.1, -0.05) is 158 Å². The van der Waals surface area contributed by atoms with Crippen molar-refractivity contribution in [2.75, 3.05) is 0 Å². The lowest BCUT2D eigenvalue weighted by Gasteiger charge is -2.10. The largest absolute Gasteiger partial charge is 0.456 e. The Balaban J connectivity index is 1.16. The molecule has 0 atom stereocenters. The van der Waals surface area contributed by atoms with E-state index in [9.17, 15) is 0 Å². The molecule has 0 aliphatic rings. The Kier molecular flexibility index (Phi) is 8.47. The number of hydrogen-bond acceptors (Lipinski definition) is 3. The quantitative estimate of drug-likeness (QED) is 0.134. The first-order valence-corrected chi connectivity index (χ1v) is 19.4. The van der Waals surface area contributed by atoms with Crippen LogP contribution in [0.1, 0.15) is 16.7 Å². The number of para-hydroxylation sites is 1. The summed E-state index contributed by atoms with van der Waals surface area (Å²) in [7, 11) is 0. The third-order valence-electron chi connectivity index (χ3n) is 10.3. The van der Waals surface area contributed by atoms with E-state index in [-0.39, 0.29) is 5.84 Å². The molecule has 5 heteroatoms. The Bertz CT molecular complexity index is 3130. The van der Waals surface area contributed by atoms with Crippen LogP contribution in [0.5, 0.6) is 0 Å². The molecule has 1 N–H and O–H groups in total. The molecule has 56 heavy (non-hydrogen) atoms. The van der Waals surface area contributed by atoms with Crippen molar-refractivity contribution in [1.29, 1.82) is 5.41 Å². The van der Waals surface area contributed by atoms with Crippen LogP contribution in [-0.4, -0.2) is 17.9 Å². The van der Waals surface area contributed by atoms with Crippen molar-refractivity contribution in [2.45, 2.75) is 0 Å². The molecule has 0 saturated heterocycles. The number of nitrogens with zero attached hydrogens (tertiary/aromatic N) is 2. The van der Waals surface area contributed by atoms with Crippen LogP contribution in [0, 0.1) is 5.41 Å². The molecule has 0 spiro atoms. The molecule has 10 aromatic rings. The summed E-state index contributed by atoms with van der Waals surface area (Å²) >= 11 is 1.83. The van der Waals surface area contributed by atoms with E-state index in [0.717, 1.165) is 44.0 Å². The van der Waals surface area contributed by atoms with Gasteiger partial charge in [-0.3, -0.25) is 5.41 Å². The molecule has 0 bridgehead atoms. The molecule has 2 aromatic heterocycles. The Morgan fingerprint density at radius 3 is 1.84 bits per heavy atom. The highest BCUT2D eigenvalue weighted by Crippen LogP contribution is 2.46. The predicted octanol–water partition coefficient (Wildman–Crippen LogP) is 13.8. The fraction of sp³-hybridized carbons (Fsp3) is 0. The number of amidine groups is 2. The highest BCUT2D eigenvalue weighted by molar-refractivity contribution is 7.27.